The molecule has 0 saturated heterocycles. The number of anilines is 1. The van der Waals surface area contributed by atoms with Crippen molar-refractivity contribution < 1.29 is 14.3 Å². The number of benzene rings is 1. The van der Waals surface area contributed by atoms with Crippen LogP contribution in [0.5, 0.6) is 11.5 Å². The van der Waals surface area contributed by atoms with E-state index < -0.39 is 0 Å². The Morgan fingerprint density at radius 1 is 1.20 bits per heavy atom. The van der Waals surface area contributed by atoms with E-state index in [2.05, 4.69) is 10.6 Å². The highest BCUT2D eigenvalue weighted by molar-refractivity contribution is 6.34. The van der Waals surface area contributed by atoms with E-state index >= 15 is 0 Å². The molecule has 0 bridgehead atoms. The number of amides is 1. The fourth-order valence-electron chi connectivity index (χ4n) is 1.49. The van der Waals surface area contributed by atoms with Gasteiger partial charge in [0, 0.05) is 17.7 Å². The van der Waals surface area contributed by atoms with E-state index in [-0.39, 0.29) is 18.0 Å². The maximum absolute atomic E-state index is 11.9. The zero-order chi connectivity index (χ0) is 15.3. The molecule has 0 aliphatic heterocycles. The molecule has 0 aliphatic carbocycles. The SMILES string of the molecule is COc1cc(Cl)c(NC(=O)CNC(C)(C)C)cc1OC. The number of hydrogen-bond donors (Lipinski definition) is 2. The third-order valence-corrected chi connectivity index (χ3v) is 2.84. The summed E-state index contributed by atoms with van der Waals surface area (Å²) < 4.78 is 10.3. The Labute approximate surface area is 124 Å². The van der Waals surface area contributed by atoms with E-state index in [1.54, 1.807) is 12.1 Å². The molecule has 1 aromatic rings. The van der Waals surface area contributed by atoms with Crippen LogP contribution in [0, 0.1) is 0 Å². The van der Waals surface area contributed by atoms with Crippen molar-refractivity contribution in [3.63, 3.8) is 0 Å². The predicted octanol–water partition coefficient (Wildman–Crippen LogP) is 2.68. The van der Waals surface area contributed by atoms with Gasteiger partial charge in [-0.25, -0.2) is 0 Å². The molecule has 0 radical (unpaired) electrons. The van der Waals surface area contributed by atoms with E-state index in [4.69, 9.17) is 21.1 Å². The summed E-state index contributed by atoms with van der Waals surface area (Å²) in [6, 6.07) is 3.24. The van der Waals surface area contributed by atoms with Gasteiger partial charge >= 0.3 is 0 Å². The number of rotatable bonds is 5. The van der Waals surface area contributed by atoms with Crippen LogP contribution in [0.2, 0.25) is 5.02 Å². The standard InChI is InChI=1S/C14H21ClN2O3/c1-14(2,3)16-8-13(18)17-10-7-12(20-5)11(19-4)6-9(10)15/h6-7,16H,8H2,1-5H3,(H,17,18). The number of carbonyl (C=O) groups is 1. The van der Waals surface area contributed by atoms with Crippen molar-refractivity contribution in [3.05, 3.63) is 17.2 Å². The largest absolute Gasteiger partial charge is 0.493 e. The van der Waals surface area contributed by atoms with Crippen LogP contribution in [-0.4, -0.2) is 32.2 Å². The maximum Gasteiger partial charge on any atom is 0.238 e. The third kappa shape index (κ3) is 4.90. The summed E-state index contributed by atoms with van der Waals surface area (Å²) in [5, 5.41) is 6.24. The van der Waals surface area contributed by atoms with Crippen LogP contribution in [0.25, 0.3) is 0 Å². The highest BCUT2D eigenvalue weighted by Crippen LogP contribution is 2.35. The van der Waals surface area contributed by atoms with Gasteiger partial charge in [0.2, 0.25) is 5.91 Å². The fourth-order valence-corrected chi connectivity index (χ4v) is 1.69. The monoisotopic (exact) mass is 300 g/mol. The van der Waals surface area contributed by atoms with Gasteiger partial charge in [-0.05, 0) is 20.8 Å². The maximum atomic E-state index is 11.9. The van der Waals surface area contributed by atoms with E-state index in [9.17, 15) is 4.79 Å². The molecule has 0 atom stereocenters. The average molecular weight is 301 g/mol. The molecule has 0 aromatic heterocycles. The lowest BCUT2D eigenvalue weighted by molar-refractivity contribution is -0.115. The minimum absolute atomic E-state index is 0.126. The Morgan fingerprint density at radius 2 is 1.75 bits per heavy atom. The van der Waals surface area contributed by atoms with Crippen molar-refractivity contribution in [1.82, 2.24) is 5.32 Å². The molecule has 1 amide bonds. The number of hydrogen-bond acceptors (Lipinski definition) is 4. The number of halogens is 1. The van der Waals surface area contributed by atoms with Crippen LogP contribution in [0.4, 0.5) is 5.69 Å². The Morgan fingerprint density at radius 3 is 2.25 bits per heavy atom. The van der Waals surface area contributed by atoms with Gasteiger partial charge in [0.05, 0.1) is 31.5 Å². The average Bonchev–Trinajstić information content (AvgIpc) is 2.37. The van der Waals surface area contributed by atoms with Gasteiger partial charge in [0.1, 0.15) is 0 Å². The molecule has 2 N–H and O–H groups in total. The minimum Gasteiger partial charge on any atom is -0.493 e. The van der Waals surface area contributed by atoms with Crippen LogP contribution in [0.3, 0.4) is 0 Å². The second-order valence-electron chi connectivity index (χ2n) is 5.34. The first-order valence-corrected chi connectivity index (χ1v) is 6.61. The lowest BCUT2D eigenvalue weighted by atomic mass is 10.1. The Kier molecular flexibility index (Phi) is 5.65. The summed E-state index contributed by atoms with van der Waals surface area (Å²) >= 11 is 6.10. The fraction of sp³-hybridized carbons (Fsp3) is 0.500. The number of carbonyl (C=O) groups excluding carboxylic acids is 1. The van der Waals surface area contributed by atoms with Crippen molar-refractivity contribution in [2.75, 3.05) is 26.1 Å². The Hall–Kier alpha value is -1.46. The summed E-state index contributed by atoms with van der Waals surface area (Å²) in [5.74, 6) is 0.855. The van der Waals surface area contributed by atoms with Crippen LogP contribution >= 0.6 is 11.6 Å². The number of nitrogens with one attached hydrogen (secondary N) is 2. The van der Waals surface area contributed by atoms with Gasteiger partial charge in [-0.1, -0.05) is 11.6 Å². The number of methoxy groups -OCH3 is 2. The first-order chi connectivity index (χ1) is 9.26. The second kappa shape index (κ2) is 6.81. The van der Waals surface area contributed by atoms with E-state index in [0.717, 1.165) is 0 Å². The molecule has 0 fully saturated rings. The van der Waals surface area contributed by atoms with E-state index in [1.165, 1.54) is 14.2 Å². The van der Waals surface area contributed by atoms with E-state index in [0.29, 0.717) is 22.2 Å². The topological polar surface area (TPSA) is 59.6 Å². The summed E-state index contributed by atoms with van der Waals surface area (Å²) in [5.41, 5.74) is 0.365. The molecule has 0 aliphatic rings. The van der Waals surface area contributed by atoms with Crippen LogP contribution in [-0.2, 0) is 4.79 Å². The van der Waals surface area contributed by atoms with Crippen molar-refractivity contribution in [2.45, 2.75) is 26.3 Å². The van der Waals surface area contributed by atoms with Crippen LogP contribution in [0.15, 0.2) is 12.1 Å². The quantitative estimate of drug-likeness (QED) is 0.878. The third-order valence-electron chi connectivity index (χ3n) is 2.53. The summed E-state index contributed by atoms with van der Waals surface area (Å²) in [7, 11) is 3.05. The molecule has 6 heteroatoms. The molecule has 112 valence electrons. The van der Waals surface area contributed by atoms with Crippen LogP contribution < -0.4 is 20.1 Å². The van der Waals surface area contributed by atoms with Crippen molar-refractivity contribution in [1.29, 1.82) is 0 Å². The lowest BCUT2D eigenvalue weighted by Crippen LogP contribution is -2.41. The summed E-state index contributed by atoms with van der Waals surface area (Å²) in [6.07, 6.45) is 0. The summed E-state index contributed by atoms with van der Waals surface area (Å²) in [6.45, 7) is 6.17. The molecule has 20 heavy (non-hydrogen) atoms. The molecular weight excluding hydrogens is 280 g/mol. The lowest BCUT2D eigenvalue weighted by Gasteiger charge is -2.20. The molecule has 0 unspecified atom stereocenters. The van der Waals surface area contributed by atoms with Crippen LogP contribution in [0.1, 0.15) is 20.8 Å². The zero-order valence-corrected chi connectivity index (χ0v) is 13.2. The first kappa shape index (κ1) is 16.6. The normalized spacial score (nSPS) is 11.1. The van der Waals surface area contributed by atoms with Crippen molar-refractivity contribution in [2.24, 2.45) is 0 Å². The molecule has 0 heterocycles. The first-order valence-electron chi connectivity index (χ1n) is 6.23. The Bertz CT molecular complexity index is 484. The van der Waals surface area contributed by atoms with Gasteiger partial charge in [-0.2, -0.15) is 0 Å². The second-order valence-corrected chi connectivity index (χ2v) is 5.75. The molecule has 1 aromatic carbocycles. The highest BCUT2D eigenvalue weighted by Gasteiger charge is 2.14. The molecular formula is C14H21ClN2O3. The summed E-state index contributed by atoms with van der Waals surface area (Å²) in [4.78, 5) is 11.9. The van der Waals surface area contributed by atoms with Crippen molar-refractivity contribution >= 4 is 23.2 Å². The van der Waals surface area contributed by atoms with Gasteiger partial charge in [0.25, 0.3) is 0 Å². The van der Waals surface area contributed by atoms with Gasteiger partial charge < -0.3 is 20.1 Å². The van der Waals surface area contributed by atoms with Gasteiger partial charge in [-0.3, -0.25) is 4.79 Å². The Balaban J connectivity index is 2.79. The molecule has 0 saturated carbocycles. The molecule has 1 rings (SSSR count). The smallest absolute Gasteiger partial charge is 0.238 e. The van der Waals surface area contributed by atoms with Gasteiger partial charge in [-0.15, -0.1) is 0 Å². The number of ether oxygens (including phenoxy) is 2. The zero-order valence-electron chi connectivity index (χ0n) is 12.5. The minimum atomic E-state index is -0.172. The highest BCUT2D eigenvalue weighted by atomic mass is 35.5. The molecule has 5 nitrogen and oxygen atoms in total. The van der Waals surface area contributed by atoms with E-state index in [1.807, 2.05) is 20.8 Å². The predicted molar refractivity (Wildman–Crippen MR) is 80.9 cm³/mol. The van der Waals surface area contributed by atoms with Gasteiger partial charge in [0.15, 0.2) is 11.5 Å². The molecule has 0 spiro atoms. The van der Waals surface area contributed by atoms with Crippen molar-refractivity contribution in [3.8, 4) is 11.5 Å².